The van der Waals surface area contributed by atoms with Crippen LogP contribution in [0.1, 0.15) is 31.7 Å². The molecule has 1 aromatic rings. The minimum absolute atomic E-state index is 0.339. The molecule has 1 fully saturated rings. The molecule has 0 aliphatic carbocycles. The van der Waals surface area contributed by atoms with E-state index in [2.05, 4.69) is 28.8 Å². The third kappa shape index (κ3) is 4.60. The van der Waals surface area contributed by atoms with Gasteiger partial charge in [0.25, 0.3) is 0 Å². The first-order valence-electron chi connectivity index (χ1n) is 7.21. The summed E-state index contributed by atoms with van der Waals surface area (Å²) in [6.07, 6.45) is 2.43. The molecule has 1 aliphatic heterocycles. The maximum Gasteiger partial charge on any atom is 0.303 e. The van der Waals surface area contributed by atoms with Gasteiger partial charge in [0.2, 0.25) is 5.13 Å². The monoisotopic (exact) mass is 333 g/mol. The standard InChI is InChI=1S/C12H23N5O2S2/c1-9(2)7-11-14-15-12(20-11)16-21(18,19)17-5-3-10(8-13)4-6-17/h9-10H,3-8,13H2,1-2H3,(H,15,16). The van der Waals surface area contributed by atoms with E-state index in [9.17, 15) is 8.42 Å². The lowest BCUT2D eigenvalue weighted by atomic mass is 9.99. The smallest absolute Gasteiger partial charge is 0.303 e. The van der Waals surface area contributed by atoms with Crippen molar-refractivity contribution in [2.24, 2.45) is 17.6 Å². The lowest BCUT2D eigenvalue weighted by Crippen LogP contribution is -2.42. The zero-order valence-corrected chi connectivity index (χ0v) is 14.1. The van der Waals surface area contributed by atoms with Crippen molar-refractivity contribution in [3.05, 3.63) is 5.01 Å². The van der Waals surface area contributed by atoms with Gasteiger partial charge < -0.3 is 5.73 Å². The van der Waals surface area contributed by atoms with Crippen LogP contribution in [0.4, 0.5) is 5.13 Å². The Kier molecular flexibility index (Phi) is 5.53. The lowest BCUT2D eigenvalue weighted by Gasteiger charge is -2.30. The minimum atomic E-state index is -3.53. The van der Waals surface area contributed by atoms with Crippen molar-refractivity contribution in [3.63, 3.8) is 0 Å². The van der Waals surface area contributed by atoms with Gasteiger partial charge in [-0.25, -0.2) is 4.72 Å². The second kappa shape index (κ2) is 6.99. The van der Waals surface area contributed by atoms with E-state index in [1.165, 1.54) is 15.6 Å². The summed E-state index contributed by atoms with van der Waals surface area (Å²) in [6.45, 7) is 5.82. The van der Waals surface area contributed by atoms with E-state index in [4.69, 9.17) is 5.73 Å². The Balaban J connectivity index is 1.96. The Bertz CT molecular complexity index is 550. The number of nitrogens with zero attached hydrogens (tertiary/aromatic N) is 3. The number of rotatable bonds is 6. The van der Waals surface area contributed by atoms with Crippen LogP contribution < -0.4 is 10.5 Å². The zero-order chi connectivity index (χ0) is 15.5. The number of hydrogen-bond donors (Lipinski definition) is 2. The molecule has 2 heterocycles. The summed E-state index contributed by atoms with van der Waals surface area (Å²) in [5.74, 6) is 0.897. The van der Waals surface area contributed by atoms with Gasteiger partial charge in [0.05, 0.1) is 0 Å². The molecule has 3 N–H and O–H groups in total. The van der Waals surface area contributed by atoms with Crippen LogP contribution in [0.15, 0.2) is 0 Å². The SMILES string of the molecule is CC(C)Cc1nnc(NS(=O)(=O)N2CCC(CN)CC2)s1. The topological polar surface area (TPSA) is 101 Å². The highest BCUT2D eigenvalue weighted by Crippen LogP contribution is 2.23. The maximum absolute atomic E-state index is 12.3. The average Bonchev–Trinajstić information content (AvgIpc) is 2.84. The van der Waals surface area contributed by atoms with Crippen LogP contribution in [0.2, 0.25) is 0 Å². The number of nitrogens with one attached hydrogen (secondary N) is 1. The maximum atomic E-state index is 12.3. The second-order valence-corrected chi connectivity index (χ2v) is 8.52. The number of nitrogens with two attached hydrogens (primary N) is 1. The van der Waals surface area contributed by atoms with Crippen molar-refractivity contribution in [2.45, 2.75) is 33.1 Å². The van der Waals surface area contributed by atoms with Gasteiger partial charge in [-0.15, -0.1) is 10.2 Å². The second-order valence-electron chi connectivity index (χ2n) is 5.78. The molecule has 2 rings (SSSR count). The molecular formula is C12H23N5O2S2. The van der Waals surface area contributed by atoms with Crippen LogP contribution in [-0.2, 0) is 16.6 Å². The fraction of sp³-hybridized carbons (Fsp3) is 0.833. The van der Waals surface area contributed by atoms with Crippen molar-refractivity contribution in [1.29, 1.82) is 0 Å². The van der Waals surface area contributed by atoms with Gasteiger partial charge in [-0.3, -0.25) is 0 Å². The third-order valence-electron chi connectivity index (χ3n) is 3.51. The number of anilines is 1. The zero-order valence-electron chi connectivity index (χ0n) is 12.4. The quantitative estimate of drug-likeness (QED) is 0.811. The van der Waals surface area contributed by atoms with E-state index in [1.54, 1.807) is 0 Å². The summed E-state index contributed by atoms with van der Waals surface area (Å²) in [6, 6.07) is 0. The Hall–Kier alpha value is -0.770. The highest BCUT2D eigenvalue weighted by molar-refractivity contribution is 7.90. The van der Waals surface area contributed by atoms with Crippen molar-refractivity contribution in [1.82, 2.24) is 14.5 Å². The summed E-state index contributed by atoms with van der Waals surface area (Å²) < 4.78 is 28.6. The predicted molar refractivity (Wildman–Crippen MR) is 84.3 cm³/mol. The first kappa shape index (κ1) is 16.6. The molecule has 0 amide bonds. The van der Waals surface area contributed by atoms with Crippen LogP contribution in [0, 0.1) is 11.8 Å². The fourth-order valence-corrected chi connectivity index (χ4v) is 4.65. The first-order valence-corrected chi connectivity index (χ1v) is 9.46. The molecule has 0 atom stereocenters. The van der Waals surface area contributed by atoms with Gasteiger partial charge in [-0.05, 0) is 31.2 Å². The van der Waals surface area contributed by atoms with E-state index in [1.807, 2.05) is 0 Å². The summed E-state index contributed by atoms with van der Waals surface area (Å²) in [5, 5.41) is 9.12. The normalized spacial score (nSPS) is 18.3. The highest BCUT2D eigenvalue weighted by Gasteiger charge is 2.28. The Morgan fingerprint density at radius 3 is 2.62 bits per heavy atom. The highest BCUT2D eigenvalue weighted by atomic mass is 32.2. The first-order chi connectivity index (χ1) is 9.90. The van der Waals surface area contributed by atoms with Gasteiger partial charge in [-0.1, -0.05) is 25.2 Å². The van der Waals surface area contributed by atoms with Gasteiger partial charge in [0.15, 0.2) is 0 Å². The summed E-state index contributed by atoms with van der Waals surface area (Å²) in [7, 11) is -3.53. The molecule has 0 radical (unpaired) electrons. The summed E-state index contributed by atoms with van der Waals surface area (Å²) in [4.78, 5) is 0. The Morgan fingerprint density at radius 2 is 2.05 bits per heavy atom. The lowest BCUT2D eigenvalue weighted by molar-refractivity contribution is 0.280. The molecule has 0 saturated carbocycles. The average molecular weight is 333 g/mol. The van der Waals surface area contributed by atoms with Crippen LogP contribution in [0.5, 0.6) is 0 Å². The largest absolute Gasteiger partial charge is 0.330 e. The summed E-state index contributed by atoms with van der Waals surface area (Å²) in [5.41, 5.74) is 5.62. The summed E-state index contributed by atoms with van der Waals surface area (Å²) >= 11 is 1.30. The molecule has 21 heavy (non-hydrogen) atoms. The van der Waals surface area contributed by atoms with E-state index in [0.29, 0.717) is 36.6 Å². The van der Waals surface area contributed by atoms with Crippen molar-refractivity contribution in [2.75, 3.05) is 24.4 Å². The molecule has 9 heteroatoms. The van der Waals surface area contributed by atoms with Crippen LogP contribution >= 0.6 is 11.3 Å². The molecule has 0 unspecified atom stereocenters. The molecule has 1 aliphatic rings. The Labute approximate surface area is 130 Å². The van der Waals surface area contributed by atoms with Gasteiger partial charge >= 0.3 is 10.2 Å². The van der Waals surface area contributed by atoms with Gasteiger partial charge in [0, 0.05) is 19.5 Å². The predicted octanol–water partition coefficient (Wildman–Crippen LogP) is 1.06. The molecule has 0 bridgehead atoms. The number of piperidine rings is 1. The molecule has 1 aromatic heterocycles. The molecule has 1 saturated heterocycles. The molecule has 7 nitrogen and oxygen atoms in total. The Morgan fingerprint density at radius 1 is 1.38 bits per heavy atom. The number of aromatic nitrogens is 2. The van der Waals surface area contributed by atoms with Crippen LogP contribution in [0.3, 0.4) is 0 Å². The van der Waals surface area contributed by atoms with Crippen molar-refractivity contribution < 1.29 is 8.42 Å². The number of hydrogen-bond acceptors (Lipinski definition) is 6. The van der Waals surface area contributed by atoms with Crippen molar-refractivity contribution in [3.8, 4) is 0 Å². The van der Waals surface area contributed by atoms with E-state index in [-0.39, 0.29) is 0 Å². The third-order valence-corrected chi connectivity index (χ3v) is 6.00. The fourth-order valence-electron chi connectivity index (χ4n) is 2.29. The van der Waals surface area contributed by atoms with Crippen LogP contribution in [-0.4, -0.2) is 42.6 Å². The van der Waals surface area contributed by atoms with Crippen molar-refractivity contribution >= 4 is 26.7 Å². The van der Waals surface area contributed by atoms with E-state index < -0.39 is 10.2 Å². The van der Waals surface area contributed by atoms with Gasteiger partial charge in [0.1, 0.15) is 5.01 Å². The minimum Gasteiger partial charge on any atom is -0.330 e. The molecular weight excluding hydrogens is 310 g/mol. The van der Waals surface area contributed by atoms with E-state index >= 15 is 0 Å². The van der Waals surface area contributed by atoms with E-state index in [0.717, 1.165) is 24.3 Å². The van der Waals surface area contributed by atoms with Crippen LogP contribution in [0.25, 0.3) is 0 Å². The molecule has 120 valence electrons. The molecule has 0 aromatic carbocycles. The van der Waals surface area contributed by atoms with Gasteiger partial charge in [-0.2, -0.15) is 12.7 Å². The molecule has 0 spiro atoms.